The second-order valence-electron chi connectivity index (χ2n) is 3.00. The van der Waals surface area contributed by atoms with E-state index >= 15 is 0 Å². The van der Waals surface area contributed by atoms with Crippen LogP contribution in [0.2, 0.25) is 0 Å². The lowest BCUT2D eigenvalue weighted by molar-refractivity contribution is -0.386. The third-order valence-electron chi connectivity index (χ3n) is 1.83. The van der Waals surface area contributed by atoms with Gasteiger partial charge in [0.2, 0.25) is 5.88 Å². The third kappa shape index (κ3) is 3.33. The normalized spacial score (nSPS) is 11.5. The minimum atomic E-state index is -5.27. The summed E-state index contributed by atoms with van der Waals surface area (Å²) in [6, 6.07) is 0. The van der Waals surface area contributed by atoms with E-state index in [2.05, 4.69) is 9.72 Å². The van der Waals surface area contributed by atoms with Crippen molar-refractivity contribution in [2.45, 2.75) is 12.8 Å². The number of hydrogen-bond acceptors (Lipinski definition) is 5. The van der Waals surface area contributed by atoms with E-state index in [-0.39, 0.29) is 6.20 Å². The molecule has 1 aromatic heterocycles. The molecule has 11 heteroatoms. The minimum absolute atomic E-state index is 0.150. The van der Waals surface area contributed by atoms with Crippen LogP contribution >= 0.6 is 0 Å². The highest BCUT2D eigenvalue weighted by atomic mass is 19.4. The van der Waals surface area contributed by atoms with Crippen LogP contribution < -0.4 is 4.74 Å². The highest BCUT2D eigenvalue weighted by molar-refractivity contribution is 5.85. The van der Waals surface area contributed by atoms with E-state index < -0.39 is 46.7 Å². The summed E-state index contributed by atoms with van der Waals surface area (Å²) in [5.74, 6) is -1.46. The molecule has 1 aromatic rings. The molecule has 0 spiro atoms. The lowest BCUT2D eigenvalue weighted by Crippen LogP contribution is -2.19. The summed E-state index contributed by atoms with van der Waals surface area (Å²) >= 11 is 0. The molecule has 104 valence electrons. The van der Waals surface area contributed by atoms with Gasteiger partial charge in [-0.25, -0.2) is 13.8 Å². The molecule has 0 unspecified atom stereocenters. The number of rotatable bonds is 4. The average molecular weight is 286 g/mol. The van der Waals surface area contributed by atoms with Crippen molar-refractivity contribution in [3.8, 4) is 5.88 Å². The molecule has 0 amide bonds. The Hall–Kier alpha value is -2.33. The molecule has 0 saturated carbocycles. The van der Waals surface area contributed by atoms with Crippen LogP contribution in [0.15, 0.2) is 6.20 Å². The van der Waals surface area contributed by atoms with Gasteiger partial charge in [0.25, 0.3) is 12.1 Å². The second kappa shape index (κ2) is 5.12. The van der Waals surface area contributed by atoms with Crippen molar-refractivity contribution in [1.29, 1.82) is 0 Å². The van der Waals surface area contributed by atoms with Gasteiger partial charge >= 0.3 is 6.36 Å². The number of nitro groups is 1. The Morgan fingerprint density at radius 1 is 1.42 bits per heavy atom. The fourth-order valence-electron chi connectivity index (χ4n) is 1.18. The number of carbonyl (C=O) groups is 1. The number of nitrogens with zero attached hydrogens (tertiary/aromatic N) is 2. The Bertz CT molecular complexity index is 517. The molecular formula is C8H3F5N2O4. The van der Waals surface area contributed by atoms with Crippen molar-refractivity contribution >= 4 is 12.0 Å². The summed E-state index contributed by atoms with van der Waals surface area (Å²) in [6.45, 7) is 0. The van der Waals surface area contributed by atoms with Gasteiger partial charge in [-0.2, -0.15) is 0 Å². The van der Waals surface area contributed by atoms with Crippen molar-refractivity contribution < 1.29 is 36.4 Å². The number of alkyl halides is 5. The first-order chi connectivity index (χ1) is 8.67. The van der Waals surface area contributed by atoms with Gasteiger partial charge in [-0.3, -0.25) is 14.9 Å². The fourth-order valence-corrected chi connectivity index (χ4v) is 1.18. The predicted octanol–water partition coefficient (Wildman–Crippen LogP) is 2.64. The number of halogens is 5. The summed E-state index contributed by atoms with van der Waals surface area (Å²) in [5.41, 5.74) is -4.05. The smallest absolute Gasteiger partial charge is 0.387 e. The molecule has 19 heavy (non-hydrogen) atoms. The number of hydrogen-bond donors (Lipinski definition) is 0. The zero-order valence-electron chi connectivity index (χ0n) is 8.65. The molecule has 0 aliphatic carbocycles. The predicted molar refractivity (Wildman–Crippen MR) is 47.9 cm³/mol. The molecule has 0 aliphatic heterocycles. The fraction of sp³-hybridized carbons (Fsp3) is 0.250. The molecule has 0 N–H and O–H groups in total. The Balaban J connectivity index is 3.49. The first-order valence-electron chi connectivity index (χ1n) is 4.33. The Morgan fingerprint density at radius 2 is 2.00 bits per heavy atom. The lowest BCUT2D eigenvalue weighted by atomic mass is 10.1. The molecule has 0 aliphatic rings. The van der Waals surface area contributed by atoms with Crippen LogP contribution in [0.4, 0.5) is 27.6 Å². The molecular weight excluding hydrogens is 283 g/mol. The molecule has 0 saturated heterocycles. The standard InChI is InChI=1S/C8H3F5N2O4/c9-6(10)3-1-14-7(19-8(11,12)13)4(2-16)5(3)15(17)18/h1-2,6H. The number of aldehydes is 1. The quantitative estimate of drug-likeness (QED) is 0.368. The highest BCUT2D eigenvalue weighted by Gasteiger charge is 2.37. The highest BCUT2D eigenvalue weighted by Crippen LogP contribution is 2.36. The van der Waals surface area contributed by atoms with Gasteiger partial charge in [0.05, 0.1) is 4.92 Å². The van der Waals surface area contributed by atoms with Crippen LogP contribution in [0.1, 0.15) is 22.3 Å². The SMILES string of the molecule is O=Cc1c(OC(F)(F)F)ncc(C(F)F)c1[N+](=O)[O-]. The first-order valence-corrected chi connectivity index (χ1v) is 4.33. The van der Waals surface area contributed by atoms with Crippen molar-refractivity contribution in [3.05, 3.63) is 27.4 Å². The average Bonchev–Trinajstić information content (AvgIpc) is 2.25. The van der Waals surface area contributed by atoms with E-state index in [0.29, 0.717) is 0 Å². The second-order valence-corrected chi connectivity index (χ2v) is 3.00. The number of pyridine rings is 1. The molecule has 0 fully saturated rings. The van der Waals surface area contributed by atoms with Crippen LogP contribution in [-0.4, -0.2) is 22.6 Å². The van der Waals surface area contributed by atoms with Crippen LogP contribution in [0, 0.1) is 10.1 Å². The maximum Gasteiger partial charge on any atom is 0.574 e. The van der Waals surface area contributed by atoms with Gasteiger partial charge in [-0.15, -0.1) is 13.2 Å². The maximum absolute atomic E-state index is 12.5. The molecule has 6 nitrogen and oxygen atoms in total. The number of ether oxygens (including phenoxy) is 1. The number of aromatic nitrogens is 1. The zero-order chi connectivity index (χ0) is 14.8. The number of carbonyl (C=O) groups excluding carboxylic acids is 1. The van der Waals surface area contributed by atoms with Crippen LogP contribution in [-0.2, 0) is 0 Å². The summed E-state index contributed by atoms with van der Waals surface area (Å²) < 4.78 is 64.0. The summed E-state index contributed by atoms with van der Waals surface area (Å²) in [7, 11) is 0. The monoisotopic (exact) mass is 286 g/mol. The summed E-state index contributed by atoms with van der Waals surface area (Å²) in [4.78, 5) is 22.6. The summed E-state index contributed by atoms with van der Waals surface area (Å²) in [5, 5.41) is 10.6. The van der Waals surface area contributed by atoms with E-state index in [1.54, 1.807) is 0 Å². The molecule has 0 bridgehead atoms. The molecule has 0 atom stereocenters. The maximum atomic E-state index is 12.5. The molecule has 0 radical (unpaired) electrons. The topological polar surface area (TPSA) is 82.3 Å². The van der Waals surface area contributed by atoms with E-state index in [0.717, 1.165) is 0 Å². The van der Waals surface area contributed by atoms with Gasteiger partial charge in [0, 0.05) is 6.20 Å². The van der Waals surface area contributed by atoms with E-state index in [1.807, 2.05) is 0 Å². The van der Waals surface area contributed by atoms with Gasteiger partial charge in [-0.05, 0) is 0 Å². The van der Waals surface area contributed by atoms with Crippen molar-refractivity contribution in [1.82, 2.24) is 4.98 Å². The Morgan fingerprint density at radius 3 is 2.37 bits per heavy atom. The van der Waals surface area contributed by atoms with Crippen molar-refractivity contribution in [2.24, 2.45) is 0 Å². The molecule has 0 aromatic carbocycles. The van der Waals surface area contributed by atoms with Crippen LogP contribution in [0.5, 0.6) is 5.88 Å². The van der Waals surface area contributed by atoms with Gasteiger partial charge in [0.1, 0.15) is 5.56 Å². The van der Waals surface area contributed by atoms with Gasteiger partial charge in [0.15, 0.2) is 11.8 Å². The Kier molecular flexibility index (Phi) is 3.97. The zero-order valence-corrected chi connectivity index (χ0v) is 8.65. The van der Waals surface area contributed by atoms with Crippen molar-refractivity contribution in [3.63, 3.8) is 0 Å². The van der Waals surface area contributed by atoms with E-state index in [4.69, 9.17) is 0 Å². The van der Waals surface area contributed by atoms with Crippen LogP contribution in [0.25, 0.3) is 0 Å². The van der Waals surface area contributed by atoms with E-state index in [1.165, 1.54) is 0 Å². The summed E-state index contributed by atoms with van der Waals surface area (Å²) in [6.07, 6.45) is -8.91. The van der Waals surface area contributed by atoms with E-state index in [9.17, 15) is 36.9 Å². The molecule has 1 rings (SSSR count). The molecule has 1 heterocycles. The van der Waals surface area contributed by atoms with Gasteiger partial charge in [-0.1, -0.05) is 0 Å². The largest absolute Gasteiger partial charge is 0.574 e. The van der Waals surface area contributed by atoms with Gasteiger partial charge < -0.3 is 4.74 Å². The minimum Gasteiger partial charge on any atom is -0.387 e. The first kappa shape index (κ1) is 14.7. The van der Waals surface area contributed by atoms with Crippen molar-refractivity contribution in [2.75, 3.05) is 0 Å². The lowest BCUT2D eigenvalue weighted by Gasteiger charge is -2.11. The van der Waals surface area contributed by atoms with Crippen LogP contribution in [0.3, 0.4) is 0 Å². The Labute approximate surface area is 101 Å². The third-order valence-corrected chi connectivity index (χ3v) is 1.83.